The van der Waals surface area contributed by atoms with Crippen molar-refractivity contribution in [2.75, 3.05) is 44.9 Å². The molecule has 0 spiro atoms. The Morgan fingerprint density at radius 2 is 1.56 bits per heavy atom. The quantitative estimate of drug-likeness (QED) is 0.0882. The Labute approximate surface area is 245 Å². The number of ether oxygens (including phenoxy) is 2. The van der Waals surface area contributed by atoms with Crippen molar-refractivity contribution in [3.63, 3.8) is 0 Å². The SMILES string of the molecule is CCOc1cc(/C=C(\CCCCCCOC(=O)NCCC[Si](OCC)(OCC)OCC)C(=O)O)ccc1NC(C)=O. The Bertz CT molecular complexity index is 955. The van der Waals surface area contributed by atoms with E-state index in [1.807, 2.05) is 27.7 Å². The highest BCUT2D eigenvalue weighted by Gasteiger charge is 2.39. The number of aliphatic carboxylic acids is 1. The van der Waals surface area contributed by atoms with Crippen molar-refractivity contribution in [1.29, 1.82) is 0 Å². The van der Waals surface area contributed by atoms with E-state index in [4.69, 9.17) is 22.8 Å². The van der Waals surface area contributed by atoms with Crippen LogP contribution in [0.15, 0.2) is 23.8 Å². The van der Waals surface area contributed by atoms with E-state index in [0.717, 1.165) is 12.8 Å². The summed E-state index contributed by atoms with van der Waals surface area (Å²) in [6.07, 6.45) is 5.23. The van der Waals surface area contributed by atoms with Crippen LogP contribution in [0.5, 0.6) is 5.75 Å². The normalized spacial score (nSPS) is 11.7. The molecule has 1 aromatic carbocycles. The second kappa shape index (κ2) is 20.9. The Hall–Kier alpha value is -2.93. The minimum absolute atomic E-state index is 0.215. The first-order valence-electron chi connectivity index (χ1n) is 14.5. The van der Waals surface area contributed by atoms with Crippen LogP contribution in [0.2, 0.25) is 6.04 Å². The van der Waals surface area contributed by atoms with Gasteiger partial charge in [0.2, 0.25) is 5.91 Å². The maximum atomic E-state index is 12.0. The fourth-order valence-corrected chi connectivity index (χ4v) is 6.73. The van der Waals surface area contributed by atoms with Gasteiger partial charge >= 0.3 is 20.9 Å². The first-order valence-corrected chi connectivity index (χ1v) is 16.4. The van der Waals surface area contributed by atoms with Crippen LogP contribution in [-0.2, 0) is 27.6 Å². The van der Waals surface area contributed by atoms with Crippen LogP contribution in [0.25, 0.3) is 6.08 Å². The number of benzene rings is 1. The second-order valence-corrected chi connectivity index (χ2v) is 11.9. The number of amides is 2. The van der Waals surface area contributed by atoms with Crippen molar-refractivity contribution >= 4 is 38.5 Å². The third-order valence-corrected chi connectivity index (χ3v) is 8.98. The lowest BCUT2D eigenvalue weighted by Crippen LogP contribution is -2.46. The lowest BCUT2D eigenvalue weighted by Gasteiger charge is -2.28. The summed E-state index contributed by atoms with van der Waals surface area (Å²) in [6.45, 7) is 11.7. The van der Waals surface area contributed by atoms with Gasteiger partial charge in [-0.3, -0.25) is 4.79 Å². The van der Waals surface area contributed by atoms with Gasteiger partial charge in [-0.05, 0) is 77.2 Å². The standard InChI is InChI=1S/C29H48N2O9Si/c1-6-36-27-22-24(16-17-26(27)31-23(5)32)21-25(28(33)34)15-12-10-11-13-19-37-29(35)30-18-14-20-41(38-7-2,39-8-3)40-9-4/h16-17,21-22H,6-15,18-20H2,1-5H3,(H,30,35)(H,31,32)(H,33,34)/b25-21+. The molecule has 0 aromatic heterocycles. The summed E-state index contributed by atoms with van der Waals surface area (Å²) in [7, 11) is -2.72. The minimum atomic E-state index is -2.72. The number of unbranched alkanes of at least 4 members (excludes halogenated alkanes) is 3. The van der Waals surface area contributed by atoms with Gasteiger partial charge in [0, 0.05) is 44.9 Å². The van der Waals surface area contributed by atoms with Gasteiger partial charge in [-0.25, -0.2) is 9.59 Å². The predicted octanol–water partition coefficient (Wildman–Crippen LogP) is 5.63. The summed E-state index contributed by atoms with van der Waals surface area (Å²) < 4.78 is 28.3. The van der Waals surface area contributed by atoms with Gasteiger partial charge in [-0.2, -0.15) is 0 Å². The molecule has 3 N–H and O–H groups in total. The van der Waals surface area contributed by atoms with Crippen LogP contribution in [0, 0.1) is 0 Å². The Morgan fingerprint density at radius 3 is 2.15 bits per heavy atom. The van der Waals surface area contributed by atoms with Crippen molar-refractivity contribution in [2.24, 2.45) is 0 Å². The summed E-state index contributed by atoms with van der Waals surface area (Å²) in [4.78, 5) is 35.2. The predicted molar refractivity (Wildman–Crippen MR) is 160 cm³/mol. The van der Waals surface area contributed by atoms with Gasteiger partial charge < -0.3 is 38.5 Å². The molecule has 0 radical (unpaired) electrons. The van der Waals surface area contributed by atoms with E-state index in [-0.39, 0.29) is 5.91 Å². The van der Waals surface area contributed by atoms with Crippen molar-refractivity contribution in [3.8, 4) is 5.75 Å². The number of nitrogens with one attached hydrogen (secondary N) is 2. The van der Waals surface area contributed by atoms with Gasteiger partial charge in [0.1, 0.15) is 5.75 Å². The molecule has 0 atom stereocenters. The molecule has 0 aliphatic rings. The average Bonchev–Trinajstić information content (AvgIpc) is 2.91. The maximum Gasteiger partial charge on any atom is 0.500 e. The van der Waals surface area contributed by atoms with Gasteiger partial charge in [0.05, 0.1) is 18.9 Å². The van der Waals surface area contributed by atoms with Crippen LogP contribution < -0.4 is 15.4 Å². The van der Waals surface area contributed by atoms with E-state index < -0.39 is 20.9 Å². The number of anilines is 1. The van der Waals surface area contributed by atoms with Gasteiger partial charge in [0.15, 0.2) is 0 Å². The summed E-state index contributed by atoms with van der Waals surface area (Å²) in [5.41, 5.74) is 1.51. The van der Waals surface area contributed by atoms with Crippen molar-refractivity contribution in [1.82, 2.24) is 5.32 Å². The third kappa shape index (κ3) is 15.0. The molecule has 1 rings (SSSR count). The fourth-order valence-electron chi connectivity index (χ4n) is 4.12. The van der Waals surface area contributed by atoms with Crippen LogP contribution >= 0.6 is 0 Å². The molecule has 0 heterocycles. The third-order valence-electron chi connectivity index (χ3n) is 5.83. The summed E-state index contributed by atoms with van der Waals surface area (Å²) in [5.74, 6) is -0.702. The molecule has 0 aliphatic carbocycles. The number of carbonyl (C=O) groups is 3. The van der Waals surface area contributed by atoms with Crippen molar-refractivity contribution < 1.29 is 42.2 Å². The maximum absolute atomic E-state index is 12.0. The monoisotopic (exact) mass is 596 g/mol. The highest BCUT2D eigenvalue weighted by molar-refractivity contribution is 6.60. The highest BCUT2D eigenvalue weighted by atomic mass is 28.4. The van der Waals surface area contributed by atoms with E-state index >= 15 is 0 Å². The van der Waals surface area contributed by atoms with Crippen molar-refractivity contribution in [3.05, 3.63) is 29.3 Å². The lowest BCUT2D eigenvalue weighted by atomic mass is 10.0. The second-order valence-electron chi connectivity index (χ2n) is 9.16. The highest BCUT2D eigenvalue weighted by Crippen LogP contribution is 2.28. The Morgan fingerprint density at radius 1 is 0.902 bits per heavy atom. The summed E-state index contributed by atoms with van der Waals surface area (Å²) in [6, 6.07) is 5.78. The number of rotatable bonds is 22. The average molecular weight is 597 g/mol. The molecule has 0 unspecified atom stereocenters. The van der Waals surface area contributed by atoms with Crippen molar-refractivity contribution in [2.45, 2.75) is 79.2 Å². The van der Waals surface area contributed by atoms with E-state index in [0.29, 0.717) is 93.9 Å². The Kier molecular flexibility index (Phi) is 18.4. The number of hydrogen-bond acceptors (Lipinski definition) is 8. The van der Waals surface area contributed by atoms with Gasteiger partial charge in [-0.15, -0.1) is 0 Å². The van der Waals surface area contributed by atoms with Crippen LogP contribution in [0.3, 0.4) is 0 Å². The van der Waals surface area contributed by atoms with Crippen LogP contribution in [-0.4, -0.2) is 71.5 Å². The molecule has 0 saturated heterocycles. The smallest absolute Gasteiger partial charge is 0.492 e. The molecule has 232 valence electrons. The summed E-state index contributed by atoms with van der Waals surface area (Å²) >= 11 is 0. The minimum Gasteiger partial charge on any atom is -0.492 e. The number of carboxylic acids is 1. The van der Waals surface area contributed by atoms with Crippen LogP contribution in [0.1, 0.15) is 78.7 Å². The van der Waals surface area contributed by atoms with Gasteiger partial charge in [-0.1, -0.05) is 18.9 Å². The first kappa shape index (κ1) is 36.1. The van der Waals surface area contributed by atoms with E-state index in [1.54, 1.807) is 24.3 Å². The number of carboxylic acid groups (broad SMARTS) is 1. The fraction of sp³-hybridized carbons (Fsp3) is 0.621. The number of alkyl carbamates (subject to hydrolysis) is 1. The van der Waals surface area contributed by atoms with E-state index in [9.17, 15) is 19.5 Å². The van der Waals surface area contributed by atoms with E-state index in [2.05, 4.69) is 10.6 Å². The van der Waals surface area contributed by atoms with Gasteiger partial charge in [0.25, 0.3) is 0 Å². The topological polar surface area (TPSA) is 142 Å². The zero-order valence-corrected chi connectivity index (χ0v) is 26.2. The zero-order valence-electron chi connectivity index (χ0n) is 25.2. The van der Waals surface area contributed by atoms with E-state index in [1.165, 1.54) is 6.92 Å². The summed E-state index contributed by atoms with van der Waals surface area (Å²) in [5, 5.41) is 15.1. The largest absolute Gasteiger partial charge is 0.500 e. The zero-order chi connectivity index (χ0) is 30.5. The number of hydrogen-bond donors (Lipinski definition) is 3. The molecule has 12 heteroatoms. The first-order chi connectivity index (χ1) is 19.7. The molecule has 41 heavy (non-hydrogen) atoms. The Balaban J connectivity index is 2.39. The molecular formula is C29H48N2O9Si. The molecule has 1 aromatic rings. The molecule has 11 nitrogen and oxygen atoms in total. The molecule has 0 bridgehead atoms. The lowest BCUT2D eigenvalue weighted by molar-refractivity contribution is -0.132. The molecule has 0 saturated carbocycles. The molecule has 0 fully saturated rings. The molecule has 2 amide bonds. The van der Waals surface area contributed by atoms with Crippen LogP contribution in [0.4, 0.5) is 10.5 Å². The molecule has 0 aliphatic heterocycles. The number of carbonyl (C=O) groups excluding carboxylic acids is 2. The molecular weight excluding hydrogens is 548 g/mol.